The number of benzene rings is 2. The molecule has 0 saturated heterocycles. The van der Waals surface area contributed by atoms with Gasteiger partial charge in [0.05, 0.1) is 17.7 Å². The number of nitrogens with one attached hydrogen (secondary N) is 2. The first-order valence-corrected chi connectivity index (χ1v) is 8.74. The predicted molar refractivity (Wildman–Crippen MR) is 101 cm³/mol. The first-order valence-electron chi connectivity index (χ1n) is 7.75. The SMILES string of the molecule is CCOc1ccc(CSNC(=O)N/N=C/c2ccc([N+](=O)[O-])cc2)cc1. The van der Waals surface area contributed by atoms with Gasteiger partial charge in [0, 0.05) is 17.9 Å². The number of nitrogens with zero attached hydrogens (tertiary/aromatic N) is 2. The van der Waals surface area contributed by atoms with Crippen LogP contribution in [0.5, 0.6) is 5.75 Å². The van der Waals surface area contributed by atoms with Crippen LogP contribution in [0.1, 0.15) is 18.1 Å². The van der Waals surface area contributed by atoms with Gasteiger partial charge in [-0.15, -0.1) is 0 Å². The van der Waals surface area contributed by atoms with Crippen molar-refractivity contribution in [3.05, 3.63) is 69.8 Å². The van der Waals surface area contributed by atoms with Gasteiger partial charge in [0.15, 0.2) is 0 Å². The zero-order chi connectivity index (χ0) is 18.8. The van der Waals surface area contributed by atoms with Crippen molar-refractivity contribution in [1.82, 2.24) is 10.1 Å². The third-order valence-electron chi connectivity index (χ3n) is 3.12. The van der Waals surface area contributed by atoms with Crippen LogP contribution in [-0.2, 0) is 5.75 Å². The fourth-order valence-electron chi connectivity index (χ4n) is 1.90. The van der Waals surface area contributed by atoms with E-state index in [0.29, 0.717) is 17.9 Å². The van der Waals surface area contributed by atoms with Crippen molar-refractivity contribution in [2.45, 2.75) is 12.7 Å². The van der Waals surface area contributed by atoms with Crippen LogP contribution in [0.2, 0.25) is 0 Å². The highest BCUT2D eigenvalue weighted by atomic mass is 32.2. The quantitative estimate of drug-likeness (QED) is 0.318. The first-order chi connectivity index (χ1) is 12.6. The molecular formula is C17H18N4O4S. The Labute approximate surface area is 154 Å². The highest BCUT2D eigenvalue weighted by Gasteiger charge is 2.03. The number of amides is 2. The average Bonchev–Trinajstić information content (AvgIpc) is 2.64. The molecule has 2 aromatic rings. The van der Waals surface area contributed by atoms with Gasteiger partial charge in [-0.2, -0.15) is 5.10 Å². The van der Waals surface area contributed by atoms with Gasteiger partial charge in [0.2, 0.25) is 0 Å². The maximum absolute atomic E-state index is 11.6. The van der Waals surface area contributed by atoms with Crippen molar-refractivity contribution >= 4 is 29.9 Å². The minimum absolute atomic E-state index is 0.00135. The monoisotopic (exact) mass is 374 g/mol. The molecule has 0 aliphatic rings. The number of rotatable bonds is 8. The summed E-state index contributed by atoms with van der Waals surface area (Å²) in [6, 6.07) is 13.0. The molecule has 9 heteroatoms. The van der Waals surface area contributed by atoms with Crippen LogP contribution >= 0.6 is 11.9 Å². The maximum Gasteiger partial charge on any atom is 0.345 e. The first kappa shape index (κ1) is 19.3. The number of non-ortho nitro benzene ring substituents is 1. The maximum atomic E-state index is 11.6. The Hall–Kier alpha value is -3.07. The number of carbonyl (C=O) groups is 1. The summed E-state index contributed by atoms with van der Waals surface area (Å²) in [4.78, 5) is 21.7. The Balaban J connectivity index is 1.70. The van der Waals surface area contributed by atoms with Gasteiger partial charge in [0.1, 0.15) is 5.75 Å². The molecule has 0 spiro atoms. The van der Waals surface area contributed by atoms with E-state index in [9.17, 15) is 14.9 Å². The molecule has 0 aliphatic heterocycles. The molecule has 8 nitrogen and oxygen atoms in total. The van der Waals surface area contributed by atoms with E-state index in [1.54, 1.807) is 12.1 Å². The molecule has 0 unspecified atom stereocenters. The van der Waals surface area contributed by atoms with Gasteiger partial charge in [-0.05, 0) is 54.3 Å². The van der Waals surface area contributed by atoms with E-state index in [1.165, 1.54) is 30.3 Å². The second kappa shape index (κ2) is 10.0. The Bertz CT molecular complexity index is 763. The van der Waals surface area contributed by atoms with Gasteiger partial charge in [-0.3, -0.25) is 14.8 Å². The minimum Gasteiger partial charge on any atom is -0.494 e. The zero-order valence-corrected chi connectivity index (χ0v) is 14.9. The van der Waals surface area contributed by atoms with Crippen molar-refractivity contribution in [1.29, 1.82) is 0 Å². The number of ether oxygens (including phenoxy) is 1. The standard InChI is InChI=1S/C17H18N4O4S/c1-2-25-16-9-5-14(6-10-16)12-26-20-17(22)19-18-11-13-3-7-15(8-4-13)21(23)24/h3-11H,2,12H2,1H3,(H2,19,20,22)/b18-11+. The number of hydrogen-bond acceptors (Lipinski definition) is 6. The number of urea groups is 1. The van der Waals surface area contributed by atoms with Gasteiger partial charge in [0.25, 0.3) is 5.69 Å². The molecule has 0 atom stereocenters. The summed E-state index contributed by atoms with van der Waals surface area (Å²) in [5.74, 6) is 1.42. The fourth-order valence-corrected chi connectivity index (χ4v) is 2.51. The molecular weight excluding hydrogens is 356 g/mol. The average molecular weight is 374 g/mol. The smallest absolute Gasteiger partial charge is 0.345 e. The normalized spacial score (nSPS) is 10.5. The lowest BCUT2D eigenvalue weighted by Gasteiger charge is -2.05. The highest BCUT2D eigenvalue weighted by molar-refractivity contribution is 7.97. The lowest BCUT2D eigenvalue weighted by molar-refractivity contribution is -0.384. The van der Waals surface area contributed by atoms with Crippen molar-refractivity contribution in [2.75, 3.05) is 6.61 Å². The van der Waals surface area contributed by atoms with E-state index < -0.39 is 11.0 Å². The number of hydrazone groups is 1. The number of nitro groups is 1. The van der Waals surface area contributed by atoms with E-state index in [0.717, 1.165) is 11.3 Å². The summed E-state index contributed by atoms with van der Waals surface area (Å²) in [6.45, 7) is 2.55. The summed E-state index contributed by atoms with van der Waals surface area (Å²) in [5.41, 5.74) is 4.01. The molecule has 2 amide bonds. The Morgan fingerprint density at radius 3 is 2.54 bits per heavy atom. The lowest BCUT2D eigenvalue weighted by atomic mass is 10.2. The number of hydrogen-bond donors (Lipinski definition) is 2. The van der Waals surface area contributed by atoms with Crippen LogP contribution in [0.3, 0.4) is 0 Å². The van der Waals surface area contributed by atoms with Crippen LogP contribution in [-0.4, -0.2) is 23.8 Å². The van der Waals surface area contributed by atoms with Gasteiger partial charge in [-0.1, -0.05) is 12.1 Å². The minimum atomic E-state index is -0.478. The third-order valence-corrected chi connectivity index (χ3v) is 3.93. The van der Waals surface area contributed by atoms with E-state index in [4.69, 9.17) is 4.74 Å². The molecule has 2 N–H and O–H groups in total. The highest BCUT2D eigenvalue weighted by Crippen LogP contribution is 2.15. The van der Waals surface area contributed by atoms with Crippen LogP contribution in [0.25, 0.3) is 0 Å². The molecule has 2 rings (SSSR count). The molecule has 0 heterocycles. The molecule has 0 aromatic heterocycles. The Morgan fingerprint density at radius 2 is 1.92 bits per heavy atom. The summed E-state index contributed by atoms with van der Waals surface area (Å²) < 4.78 is 7.98. The largest absolute Gasteiger partial charge is 0.494 e. The molecule has 0 saturated carbocycles. The molecule has 0 radical (unpaired) electrons. The molecule has 0 bridgehead atoms. The fraction of sp³-hybridized carbons (Fsp3) is 0.176. The topological polar surface area (TPSA) is 106 Å². The van der Waals surface area contributed by atoms with Gasteiger partial charge in [-0.25, -0.2) is 10.2 Å². The number of carbonyl (C=O) groups excluding carboxylic acids is 1. The summed E-state index contributed by atoms with van der Waals surface area (Å²) in [6.07, 6.45) is 1.40. The molecule has 0 fully saturated rings. The van der Waals surface area contributed by atoms with Gasteiger partial charge < -0.3 is 4.74 Å². The van der Waals surface area contributed by atoms with Crippen LogP contribution in [0.4, 0.5) is 10.5 Å². The van der Waals surface area contributed by atoms with Gasteiger partial charge >= 0.3 is 6.03 Å². The van der Waals surface area contributed by atoms with Crippen LogP contribution in [0, 0.1) is 10.1 Å². The van der Waals surface area contributed by atoms with E-state index in [2.05, 4.69) is 15.2 Å². The van der Waals surface area contributed by atoms with Crippen LogP contribution in [0.15, 0.2) is 53.6 Å². The predicted octanol–water partition coefficient (Wildman–Crippen LogP) is 3.48. The van der Waals surface area contributed by atoms with Crippen molar-refractivity contribution in [2.24, 2.45) is 5.10 Å². The summed E-state index contributed by atoms with van der Waals surface area (Å²) >= 11 is 1.23. The second-order valence-corrected chi connectivity index (χ2v) is 5.80. The van der Waals surface area contributed by atoms with E-state index in [-0.39, 0.29) is 5.69 Å². The van der Waals surface area contributed by atoms with E-state index >= 15 is 0 Å². The summed E-state index contributed by atoms with van der Waals surface area (Å²) in [7, 11) is 0. The number of nitro benzene ring substituents is 1. The van der Waals surface area contributed by atoms with Crippen molar-refractivity contribution in [3.63, 3.8) is 0 Å². The zero-order valence-electron chi connectivity index (χ0n) is 14.0. The molecule has 136 valence electrons. The summed E-state index contributed by atoms with van der Waals surface area (Å²) in [5, 5.41) is 14.3. The Kier molecular flexibility index (Phi) is 7.44. The van der Waals surface area contributed by atoms with E-state index in [1.807, 2.05) is 31.2 Å². The molecule has 0 aliphatic carbocycles. The molecule has 26 heavy (non-hydrogen) atoms. The van der Waals surface area contributed by atoms with Crippen molar-refractivity contribution < 1.29 is 14.5 Å². The van der Waals surface area contributed by atoms with Crippen LogP contribution < -0.4 is 14.9 Å². The van der Waals surface area contributed by atoms with Crippen molar-refractivity contribution in [3.8, 4) is 5.75 Å². The third kappa shape index (κ3) is 6.44. The lowest BCUT2D eigenvalue weighted by Crippen LogP contribution is -2.27. The Morgan fingerprint density at radius 1 is 1.23 bits per heavy atom. The second-order valence-electron chi connectivity index (χ2n) is 5.02. The molecule has 2 aromatic carbocycles.